The largest absolute Gasteiger partial charge is 0.502 e. The number of unbranched alkanes of at least 4 members (excludes halogenated alkanes) is 1. The Bertz CT molecular complexity index is 1770. The summed E-state index contributed by atoms with van der Waals surface area (Å²) in [5.74, 6) is 11.9. The van der Waals surface area contributed by atoms with Crippen molar-refractivity contribution in [1.29, 1.82) is 10.5 Å². The highest BCUT2D eigenvalue weighted by Gasteiger charge is 2.13. The van der Waals surface area contributed by atoms with Crippen molar-refractivity contribution in [3.8, 4) is 46.9 Å². The van der Waals surface area contributed by atoms with Gasteiger partial charge in [0.1, 0.15) is 0 Å². The van der Waals surface area contributed by atoms with Gasteiger partial charge in [0.25, 0.3) is 0 Å². The van der Waals surface area contributed by atoms with Crippen LogP contribution in [0.5, 0.6) is 0 Å². The van der Waals surface area contributed by atoms with Crippen LogP contribution in [0, 0.1) is 46.3 Å². The van der Waals surface area contributed by atoms with E-state index in [9.17, 15) is 4.79 Å². The molecule has 4 rings (SSSR count). The van der Waals surface area contributed by atoms with Gasteiger partial charge in [0, 0.05) is 22.3 Å². The second kappa shape index (κ2) is 15.0. The lowest BCUT2D eigenvalue weighted by Gasteiger charge is -2.07. The van der Waals surface area contributed by atoms with Crippen molar-refractivity contribution in [3.05, 3.63) is 143 Å². The molecule has 0 radical (unpaired) electrons. The summed E-state index contributed by atoms with van der Waals surface area (Å²) >= 11 is 0. The van der Waals surface area contributed by atoms with Gasteiger partial charge in [0.15, 0.2) is 0 Å². The molecule has 0 aromatic heterocycles. The fraction of sp³-hybridized carbons (Fsp3) is 0.108. The number of ether oxygens (including phenoxy) is 2. The summed E-state index contributed by atoms with van der Waals surface area (Å²) in [4.78, 5) is 13.0. The highest BCUT2D eigenvalue weighted by Crippen LogP contribution is 2.20. The molecule has 0 saturated heterocycles. The van der Waals surface area contributed by atoms with Gasteiger partial charge >= 0.3 is 5.97 Å². The molecule has 0 N–H and O–H groups in total. The van der Waals surface area contributed by atoms with E-state index in [2.05, 4.69) is 42.4 Å². The molecule has 5 nitrogen and oxygen atoms in total. The first-order valence-corrected chi connectivity index (χ1v) is 13.3. The minimum absolute atomic E-state index is 0.253. The second-order valence-electron chi connectivity index (χ2n) is 9.10. The van der Waals surface area contributed by atoms with Crippen molar-refractivity contribution < 1.29 is 14.3 Å². The lowest BCUT2D eigenvalue weighted by Crippen LogP contribution is -2.09. The topological polar surface area (TPSA) is 83.1 Å². The van der Waals surface area contributed by atoms with Gasteiger partial charge in [-0.1, -0.05) is 54.5 Å². The Morgan fingerprint density at radius 1 is 0.643 bits per heavy atom. The Balaban J connectivity index is 1.54. The Labute approximate surface area is 246 Å². The van der Waals surface area contributed by atoms with E-state index in [0.29, 0.717) is 40.8 Å². The third-order valence-electron chi connectivity index (χ3n) is 6.19. The van der Waals surface area contributed by atoms with E-state index in [1.807, 2.05) is 42.5 Å². The van der Waals surface area contributed by atoms with Crippen molar-refractivity contribution >= 4 is 5.97 Å². The molecule has 0 bridgehead atoms. The molecule has 0 atom stereocenters. The monoisotopic (exact) mass is 546 g/mol. The van der Waals surface area contributed by atoms with Crippen LogP contribution in [0.25, 0.3) is 11.1 Å². The molecule has 202 valence electrons. The van der Waals surface area contributed by atoms with Gasteiger partial charge in [-0.2, -0.15) is 10.5 Å². The van der Waals surface area contributed by atoms with Crippen LogP contribution >= 0.6 is 0 Å². The summed E-state index contributed by atoms with van der Waals surface area (Å²) in [5, 5.41) is 18.0. The van der Waals surface area contributed by atoms with Crippen LogP contribution < -0.4 is 0 Å². The molecule has 4 aromatic carbocycles. The van der Waals surface area contributed by atoms with Gasteiger partial charge in [-0.3, -0.25) is 0 Å². The van der Waals surface area contributed by atoms with Crippen molar-refractivity contribution in [2.24, 2.45) is 0 Å². The van der Waals surface area contributed by atoms with Gasteiger partial charge in [0.2, 0.25) is 0 Å². The summed E-state index contributed by atoms with van der Waals surface area (Å²) in [6, 6.07) is 31.7. The molecule has 4 aromatic rings. The second-order valence-corrected chi connectivity index (χ2v) is 9.10. The van der Waals surface area contributed by atoms with Gasteiger partial charge < -0.3 is 9.47 Å². The van der Waals surface area contributed by atoms with Gasteiger partial charge in [0.05, 0.1) is 48.3 Å². The lowest BCUT2D eigenvalue weighted by molar-refractivity contribution is 0.0491. The average molecular weight is 547 g/mol. The highest BCUT2D eigenvalue weighted by atomic mass is 16.5. The number of esters is 1. The van der Waals surface area contributed by atoms with Crippen molar-refractivity contribution in [3.63, 3.8) is 0 Å². The zero-order valence-electron chi connectivity index (χ0n) is 22.9. The number of carbonyl (C=O) groups excluding carboxylic acids is 1. The zero-order chi connectivity index (χ0) is 29.6. The first-order chi connectivity index (χ1) is 20.6. The quantitative estimate of drug-likeness (QED) is 0.103. The maximum absolute atomic E-state index is 13.0. The van der Waals surface area contributed by atoms with E-state index < -0.39 is 5.97 Å². The first kappa shape index (κ1) is 29.0. The number of hydrogen-bond donors (Lipinski definition) is 0. The smallest absolute Gasteiger partial charge is 0.339 e. The van der Waals surface area contributed by atoms with Crippen LogP contribution in [0.3, 0.4) is 0 Å². The maximum atomic E-state index is 13.0. The molecule has 5 heteroatoms. The highest BCUT2D eigenvalue weighted by molar-refractivity contribution is 5.93. The van der Waals surface area contributed by atoms with Crippen LogP contribution in [-0.4, -0.2) is 19.2 Å². The standard InChI is InChI=1S/C37H26N2O3/c1-2-41-23-3-4-24-42-37(40)36-25-30(14-22-35(36)21-13-28-6-9-31(26-38)10-7-28)8-5-29-11-17-33(18-12-29)34-19-15-32(27-39)16-20-34/h2,6-7,9-12,14-20,22,25H,1,3-4,23-24H2. The van der Waals surface area contributed by atoms with E-state index in [1.165, 1.54) is 6.26 Å². The fourth-order valence-corrected chi connectivity index (χ4v) is 3.91. The van der Waals surface area contributed by atoms with E-state index in [0.717, 1.165) is 28.7 Å². The number of rotatable bonds is 8. The minimum atomic E-state index is -0.473. The molecule has 0 amide bonds. The van der Waals surface area contributed by atoms with Crippen molar-refractivity contribution in [2.45, 2.75) is 12.8 Å². The minimum Gasteiger partial charge on any atom is -0.502 e. The molecular weight excluding hydrogens is 520 g/mol. The van der Waals surface area contributed by atoms with Crippen molar-refractivity contribution in [1.82, 2.24) is 0 Å². The number of carbonyl (C=O) groups is 1. The zero-order valence-corrected chi connectivity index (χ0v) is 22.9. The fourth-order valence-electron chi connectivity index (χ4n) is 3.91. The third-order valence-corrected chi connectivity index (χ3v) is 6.19. The number of nitrogens with zero attached hydrogens (tertiary/aromatic N) is 2. The summed E-state index contributed by atoms with van der Waals surface area (Å²) in [7, 11) is 0. The molecule has 0 aliphatic carbocycles. The summed E-state index contributed by atoms with van der Waals surface area (Å²) in [6.07, 6.45) is 2.78. The Hall–Kier alpha value is -6.01. The summed E-state index contributed by atoms with van der Waals surface area (Å²) < 4.78 is 10.6. The third kappa shape index (κ3) is 8.24. The Morgan fingerprint density at radius 3 is 1.71 bits per heavy atom. The summed E-state index contributed by atoms with van der Waals surface area (Å²) in [6.45, 7) is 4.28. The van der Waals surface area contributed by atoms with Crippen LogP contribution in [0.15, 0.2) is 104 Å². The van der Waals surface area contributed by atoms with E-state index in [1.54, 1.807) is 48.5 Å². The molecule has 0 aliphatic heterocycles. The molecule has 0 heterocycles. The number of nitriles is 2. The predicted molar refractivity (Wildman–Crippen MR) is 162 cm³/mol. The molecule has 0 saturated carbocycles. The molecular formula is C37H26N2O3. The van der Waals surface area contributed by atoms with Crippen LogP contribution in [0.2, 0.25) is 0 Å². The molecule has 0 spiro atoms. The normalized spacial score (nSPS) is 9.57. The van der Waals surface area contributed by atoms with Crippen molar-refractivity contribution in [2.75, 3.05) is 13.2 Å². The van der Waals surface area contributed by atoms with Gasteiger partial charge in [-0.05, 0) is 90.7 Å². The molecule has 0 fully saturated rings. The molecule has 42 heavy (non-hydrogen) atoms. The van der Waals surface area contributed by atoms with E-state index in [-0.39, 0.29) is 6.61 Å². The first-order valence-electron chi connectivity index (χ1n) is 13.3. The van der Waals surface area contributed by atoms with Gasteiger partial charge in [-0.25, -0.2) is 4.79 Å². The maximum Gasteiger partial charge on any atom is 0.339 e. The average Bonchev–Trinajstić information content (AvgIpc) is 3.05. The number of benzene rings is 4. The SMILES string of the molecule is C=COCCCCOC(=O)c1cc(C#Cc2ccc(-c3ccc(C#N)cc3)cc2)ccc1C#Cc1ccc(C#N)cc1. The lowest BCUT2D eigenvalue weighted by atomic mass is 10.0. The van der Waals surface area contributed by atoms with Crippen LogP contribution in [-0.2, 0) is 9.47 Å². The molecule has 0 unspecified atom stereocenters. The van der Waals surface area contributed by atoms with Crippen LogP contribution in [0.1, 0.15) is 56.6 Å². The Morgan fingerprint density at radius 2 is 1.12 bits per heavy atom. The van der Waals surface area contributed by atoms with Gasteiger partial charge in [-0.15, -0.1) is 0 Å². The van der Waals surface area contributed by atoms with Crippen LogP contribution in [0.4, 0.5) is 0 Å². The Kier molecular flexibility index (Phi) is 10.3. The predicted octanol–water partition coefficient (Wildman–Crippen LogP) is 6.99. The summed E-state index contributed by atoms with van der Waals surface area (Å²) in [5.41, 5.74) is 6.27. The van der Waals surface area contributed by atoms with E-state index in [4.69, 9.17) is 20.0 Å². The number of hydrogen-bond acceptors (Lipinski definition) is 5. The van der Waals surface area contributed by atoms with E-state index >= 15 is 0 Å². The molecule has 0 aliphatic rings.